The number of thioether (sulfide) groups is 1. The summed E-state index contributed by atoms with van der Waals surface area (Å²) in [7, 11) is -3.97. The van der Waals surface area contributed by atoms with Crippen LogP contribution < -0.4 is 5.73 Å². The highest BCUT2D eigenvalue weighted by Gasteiger charge is 2.14. The lowest BCUT2D eigenvalue weighted by Gasteiger charge is -2.06. The molecular formula is C5H12NO5PS. The Hall–Kier alpha value is -0.0700. The first-order chi connectivity index (χ1) is 5.83. The molecule has 0 saturated heterocycles. The van der Waals surface area contributed by atoms with Crippen LogP contribution in [0.2, 0.25) is 0 Å². The maximum Gasteiger partial charge on any atom is 0.335 e. The predicted octanol–water partition coefficient (Wildman–Crippen LogP) is -0.343. The van der Waals surface area contributed by atoms with E-state index in [1.54, 1.807) is 0 Å². The van der Waals surface area contributed by atoms with Crippen molar-refractivity contribution in [2.45, 2.75) is 12.5 Å². The van der Waals surface area contributed by atoms with Crippen LogP contribution in [0.4, 0.5) is 0 Å². The normalized spacial score (nSPS) is 14.1. The topological polar surface area (TPSA) is 121 Å². The zero-order valence-electron chi connectivity index (χ0n) is 6.79. The van der Waals surface area contributed by atoms with Crippen molar-refractivity contribution in [3.8, 4) is 0 Å². The summed E-state index contributed by atoms with van der Waals surface area (Å²) in [6.07, 6.45) is 0.208. The Kier molecular flexibility index (Phi) is 5.59. The summed E-state index contributed by atoms with van der Waals surface area (Å²) >= 11 is 0.999. The van der Waals surface area contributed by atoms with Gasteiger partial charge in [0.25, 0.3) is 0 Å². The van der Waals surface area contributed by atoms with Gasteiger partial charge in [-0.05, 0) is 12.2 Å². The van der Waals surface area contributed by atoms with Gasteiger partial charge in [0.1, 0.15) is 6.04 Å². The maximum absolute atomic E-state index is 10.3. The van der Waals surface area contributed by atoms with Crippen molar-refractivity contribution in [2.75, 3.05) is 11.2 Å². The highest BCUT2D eigenvalue weighted by Crippen LogP contribution is 2.38. The molecule has 8 heteroatoms. The van der Waals surface area contributed by atoms with Gasteiger partial charge in [0.05, 0.1) is 5.49 Å². The van der Waals surface area contributed by atoms with Gasteiger partial charge in [0.2, 0.25) is 0 Å². The van der Waals surface area contributed by atoms with Crippen LogP contribution >= 0.6 is 19.4 Å². The molecule has 0 aliphatic rings. The third-order valence-electron chi connectivity index (χ3n) is 1.15. The highest BCUT2D eigenvalue weighted by atomic mass is 32.2. The van der Waals surface area contributed by atoms with E-state index in [1.807, 2.05) is 0 Å². The fraction of sp³-hybridized carbons (Fsp3) is 0.800. The molecule has 5 N–H and O–H groups in total. The second-order valence-electron chi connectivity index (χ2n) is 2.44. The van der Waals surface area contributed by atoms with Gasteiger partial charge in [-0.2, -0.15) is 0 Å². The third-order valence-corrected chi connectivity index (χ3v) is 3.75. The average Bonchev–Trinajstić information content (AvgIpc) is 1.95. The number of hydrogen-bond acceptors (Lipinski definition) is 4. The Balaban J connectivity index is 3.47. The monoisotopic (exact) mass is 229 g/mol. The second kappa shape index (κ2) is 5.62. The molecule has 0 aromatic heterocycles. The number of carboxylic acids is 1. The predicted molar refractivity (Wildman–Crippen MR) is 49.6 cm³/mol. The van der Waals surface area contributed by atoms with Gasteiger partial charge < -0.3 is 20.6 Å². The molecular weight excluding hydrogens is 217 g/mol. The molecule has 0 aliphatic carbocycles. The zero-order chi connectivity index (χ0) is 10.5. The van der Waals surface area contributed by atoms with E-state index in [0.29, 0.717) is 5.75 Å². The zero-order valence-corrected chi connectivity index (χ0v) is 8.50. The lowest BCUT2D eigenvalue weighted by Crippen LogP contribution is -2.30. The van der Waals surface area contributed by atoms with Crippen LogP contribution in [0.5, 0.6) is 0 Å². The van der Waals surface area contributed by atoms with Gasteiger partial charge in [-0.25, -0.2) is 0 Å². The molecule has 0 aromatic rings. The van der Waals surface area contributed by atoms with Gasteiger partial charge in [-0.1, -0.05) is 0 Å². The minimum absolute atomic E-state index is 0.208. The Morgan fingerprint density at radius 1 is 1.54 bits per heavy atom. The molecule has 0 heterocycles. The summed E-state index contributed by atoms with van der Waals surface area (Å²) in [4.78, 5) is 27.1. The first kappa shape index (κ1) is 12.9. The van der Waals surface area contributed by atoms with Gasteiger partial charge in [-0.3, -0.25) is 9.36 Å². The van der Waals surface area contributed by atoms with E-state index in [4.69, 9.17) is 20.6 Å². The van der Waals surface area contributed by atoms with Crippen LogP contribution in [0.25, 0.3) is 0 Å². The Morgan fingerprint density at radius 2 is 2.08 bits per heavy atom. The molecule has 0 aliphatic heterocycles. The number of hydrogen-bond donors (Lipinski definition) is 4. The molecule has 0 spiro atoms. The van der Waals surface area contributed by atoms with E-state index >= 15 is 0 Å². The highest BCUT2D eigenvalue weighted by molar-refractivity contribution is 8.04. The van der Waals surface area contributed by atoms with Gasteiger partial charge in [-0.15, -0.1) is 11.8 Å². The Labute approximate surface area is 79.7 Å². The molecule has 0 bridgehead atoms. The lowest BCUT2D eigenvalue weighted by atomic mass is 10.2. The van der Waals surface area contributed by atoms with Gasteiger partial charge in [0.15, 0.2) is 0 Å². The molecule has 13 heavy (non-hydrogen) atoms. The smallest absolute Gasteiger partial charge is 0.335 e. The van der Waals surface area contributed by atoms with Crippen molar-refractivity contribution in [1.82, 2.24) is 0 Å². The number of nitrogens with two attached hydrogens (primary N) is 1. The van der Waals surface area contributed by atoms with E-state index in [-0.39, 0.29) is 11.9 Å². The van der Waals surface area contributed by atoms with Crippen molar-refractivity contribution in [1.29, 1.82) is 0 Å². The maximum atomic E-state index is 10.3. The number of aliphatic carboxylic acids is 1. The van der Waals surface area contributed by atoms with Crippen molar-refractivity contribution in [3.05, 3.63) is 0 Å². The van der Waals surface area contributed by atoms with E-state index < -0.39 is 19.6 Å². The summed E-state index contributed by atoms with van der Waals surface area (Å²) in [5.74, 6) is -0.768. The first-order valence-corrected chi connectivity index (χ1v) is 6.39. The van der Waals surface area contributed by atoms with Crippen LogP contribution in [0.3, 0.4) is 0 Å². The van der Waals surface area contributed by atoms with Crippen molar-refractivity contribution < 1.29 is 24.3 Å². The van der Waals surface area contributed by atoms with E-state index in [2.05, 4.69) is 0 Å². The van der Waals surface area contributed by atoms with Crippen LogP contribution in [0, 0.1) is 0 Å². The Bertz CT molecular complexity index is 217. The fourth-order valence-electron chi connectivity index (χ4n) is 0.517. The van der Waals surface area contributed by atoms with Crippen LogP contribution in [0.15, 0.2) is 0 Å². The molecule has 6 nitrogen and oxygen atoms in total. The summed E-state index contributed by atoms with van der Waals surface area (Å²) in [6, 6.07) is -0.954. The number of rotatable bonds is 6. The molecule has 78 valence electrons. The fourth-order valence-corrected chi connectivity index (χ4v) is 2.41. The van der Waals surface area contributed by atoms with Crippen molar-refractivity contribution in [3.63, 3.8) is 0 Å². The van der Waals surface area contributed by atoms with E-state index in [9.17, 15) is 9.36 Å². The minimum Gasteiger partial charge on any atom is -0.480 e. The van der Waals surface area contributed by atoms with E-state index in [1.165, 1.54) is 0 Å². The average molecular weight is 229 g/mol. The van der Waals surface area contributed by atoms with Gasteiger partial charge in [0, 0.05) is 0 Å². The summed E-state index contributed by atoms with van der Waals surface area (Å²) in [5, 5.41) is 8.35. The Morgan fingerprint density at radius 3 is 2.46 bits per heavy atom. The van der Waals surface area contributed by atoms with Crippen molar-refractivity contribution >= 4 is 25.3 Å². The lowest BCUT2D eigenvalue weighted by molar-refractivity contribution is -0.138. The van der Waals surface area contributed by atoms with Crippen LogP contribution in [-0.2, 0) is 9.36 Å². The van der Waals surface area contributed by atoms with Crippen molar-refractivity contribution in [2.24, 2.45) is 5.73 Å². The molecule has 0 amide bonds. The largest absolute Gasteiger partial charge is 0.480 e. The van der Waals surface area contributed by atoms with E-state index in [0.717, 1.165) is 11.8 Å². The molecule has 0 aromatic carbocycles. The molecule has 1 atom stereocenters. The summed E-state index contributed by atoms with van der Waals surface area (Å²) < 4.78 is 10.3. The quantitative estimate of drug-likeness (QED) is 0.363. The van der Waals surface area contributed by atoms with Crippen LogP contribution in [0.1, 0.15) is 6.42 Å². The molecule has 0 fully saturated rings. The molecule has 0 radical (unpaired) electrons. The summed E-state index contributed by atoms with van der Waals surface area (Å²) in [5.41, 5.74) is 4.87. The second-order valence-corrected chi connectivity index (χ2v) is 5.61. The number of carbonyl (C=O) groups is 1. The van der Waals surface area contributed by atoms with Crippen LogP contribution in [-0.4, -0.2) is 38.2 Å². The molecule has 0 unspecified atom stereocenters. The minimum atomic E-state index is -3.97. The van der Waals surface area contributed by atoms with Gasteiger partial charge >= 0.3 is 13.6 Å². The standard InChI is InChI=1S/C5H12NO5PS/c6-4(5(7)8)1-2-13-3-12(9,10)11/h4H,1-3,6H2,(H,7,8)(H2,9,10,11)/t4-/m1/s1. The SMILES string of the molecule is N[C@H](CCSCP(=O)(O)O)C(=O)O. The number of carboxylic acid groups (broad SMARTS) is 1. The molecule has 0 rings (SSSR count). The third kappa shape index (κ3) is 8.27. The molecule has 0 saturated carbocycles. The first-order valence-electron chi connectivity index (χ1n) is 3.43. The summed E-state index contributed by atoms with van der Waals surface area (Å²) in [6.45, 7) is 0.